The first-order chi connectivity index (χ1) is 21.4. The number of hydrogen-bond donors (Lipinski definition) is 2. The van der Waals surface area contributed by atoms with Crippen LogP contribution in [-0.2, 0) is 22.7 Å². The lowest BCUT2D eigenvalue weighted by molar-refractivity contribution is -0.121. The lowest BCUT2D eigenvalue weighted by atomic mass is 10.2. The van der Waals surface area contributed by atoms with E-state index in [1.165, 1.54) is 11.7 Å². The van der Waals surface area contributed by atoms with Crippen molar-refractivity contribution in [3.8, 4) is 28.7 Å². The van der Waals surface area contributed by atoms with Crippen LogP contribution in [-0.4, -0.2) is 47.3 Å². The lowest BCUT2D eigenvalue weighted by Crippen LogP contribution is -2.30. The Labute approximate surface area is 256 Å². The molecule has 1 atom stereocenters. The minimum absolute atomic E-state index is 0.0138. The summed E-state index contributed by atoms with van der Waals surface area (Å²) in [6, 6.07) is 15.9. The smallest absolute Gasteiger partial charge is 0.262 e. The van der Waals surface area contributed by atoms with Gasteiger partial charge in [-0.25, -0.2) is 4.98 Å². The predicted molar refractivity (Wildman–Crippen MR) is 163 cm³/mol. The fourth-order valence-electron chi connectivity index (χ4n) is 4.84. The van der Waals surface area contributed by atoms with E-state index < -0.39 is 5.25 Å². The number of carbonyl (C=O) groups excluding carboxylic acids is 2. The minimum atomic E-state index is -0.593. The third-order valence-corrected chi connectivity index (χ3v) is 8.53. The maximum Gasteiger partial charge on any atom is 0.262 e. The number of fused-ring (bicyclic) bond motifs is 3. The van der Waals surface area contributed by atoms with Crippen molar-refractivity contribution in [3.63, 3.8) is 0 Å². The van der Waals surface area contributed by atoms with E-state index in [1.807, 2.05) is 25.1 Å². The standard InChI is InChI=1S/C31H30N4O8S/c1-3-27(29(37)33-20-6-4-5-7-22(20)39-2)44-31-34-21-14-26-25(42-17-43-26)13-19(21)30(38)35(31)11-10-28(36)32-15-18-8-9-23-24(12-18)41-16-40-23/h4-9,12-14,27H,3,10-11,15-17H2,1-2H3,(H,32,36)(H,33,37)/t27-/m0/s1. The van der Waals surface area contributed by atoms with Crippen molar-refractivity contribution in [3.05, 3.63) is 70.5 Å². The molecule has 228 valence electrons. The van der Waals surface area contributed by atoms with E-state index in [0.29, 0.717) is 56.9 Å². The number of anilines is 1. The molecule has 2 aliphatic heterocycles. The first kappa shape index (κ1) is 29.2. The molecule has 1 aromatic heterocycles. The molecule has 6 rings (SSSR count). The Kier molecular flexibility index (Phi) is 8.46. The number of hydrogen-bond acceptors (Lipinski definition) is 10. The molecule has 0 radical (unpaired) electrons. The number of benzene rings is 3. The van der Waals surface area contributed by atoms with E-state index in [0.717, 1.165) is 17.3 Å². The topological polar surface area (TPSA) is 139 Å². The molecule has 2 amide bonds. The van der Waals surface area contributed by atoms with Crippen molar-refractivity contribution >= 4 is 40.2 Å². The first-order valence-corrected chi connectivity index (χ1v) is 14.9. The summed E-state index contributed by atoms with van der Waals surface area (Å²) in [5.74, 6) is 2.25. The monoisotopic (exact) mass is 618 g/mol. The molecule has 0 aliphatic carbocycles. The Morgan fingerprint density at radius 1 is 1.00 bits per heavy atom. The average Bonchev–Trinajstić information content (AvgIpc) is 3.70. The summed E-state index contributed by atoms with van der Waals surface area (Å²) in [5.41, 5.74) is 1.45. The predicted octanol–water partition coefficient (Wildman–Crippen LogP) is 4.08. The van der Waals surface area contributed by atoms with Gasteiger partial charge in [0.2, 0.25) is 25.4 Å². The van der Waals surface area contributed by atoms with Crippen LogP contribution in [0.15, 0.2) is 64.5 Å². The summed E-state index contributed by atoms with van der Waals surface area (Å²) in [4.78, 5) is 44.8. The number of nitrogens with zero attached hydrogens (tertiary/aromatic N) is 2. The highest BCUT2D eigenvalue weighted by Gasteiger charge is 2.25. The second kappa shape index (κ2) is 12.8. The highest BCUT2D eigenvalue weighted by molar-refractivity contribution is 8.00. The molecule has 4 aromatic rings. The molecule has 0 spiro atoms. The van der Waals surface area contributed by atoms with Crippen LogP contribution >= 0.6 is 11.8 Å². The Morgan fingerprint density at radius 3 is 2.50 bits per heavy atom. The number of para-hydroxylation sites is 2. The molecule has 2 aliphatic rings. The summed E-state index contributed by atoms with van der Waals surface area (Å²) < 4.78 is 28.5. The molecular formula is C31H30N4O8S. The fraction of sp³-hybridized carbons (Fsp3) is 0.290. The maximum absolute atomic E-state index is 13.8. The summed E-state index contributed by atoms with van der Waals surface area (Å²) >= 11 is 1.16. The number of nitrogens with one attached hydrogen (secondary N) is 2. The molecule has 0 bridgehead atoms. The summed E-state index contributed by atoms with van der Waals surface area (Å²) in [6.07, 6.45) is 0.469. The number of aromatic nitrogens is 2. The molecule has 0 fully saturated rings. The van der Waals surface area contributed by atoms with Crippen LogP contribution in [0.4, 0.5) is 5.69 Å². The molecule has 3 aromatic carbocycles. The van der Waals surface area contributed by atoms with Crippen LogP contribution in [0.25, 0.3) is 10.9 Å². The highest BCUT2D eigenvalue weighted by atomic mass is 32.2. The van der Waals surface area contributed by atoms with Crippen molar-refractivity contribution in [1.29, 1.82) is 0 Å². The molecule has 3 heterocycles. The van der Waals surface area contributed by atoms with Crippen LogP contribution in [0.5, 0.6) is 28.7 Å². The number of thioether (sulfide) groups is 1. The number of carbonyl (C=O) groups is 2. The largest absolute Gasteiger partial charge is 0.495 e. The van der Waals surface area contributed by atoms with Gasteiger partial charge in [0.05, 0.1) is 29.0 Å². The fourth-order valence-corrected chi connectivity index (χ4v) is 5.88. The van der Waals surface area contributed by atoms with Crippen LogP contribution in [0.1, 0.15) is 25.3 Å². The number of rotatable bonds is 11. The van der Waals surface area contributed by atoms with Gasteiger partial charge < -0.3 is 34.3 Å². The van der Waals surface area contributed by atoms with E-state index in [-0.39, 0.29) is 50.5 Å². The first-order valence-electron chi connectivity index (χ1n) is 14.0. The van der Waals surface area contributed by atoms with Crippen molar-refractivity contribution in [1.82, 2.24) is 14.9 Å². The molecular weight excluding hydrogens is 588 g/mol. The van der Waals surface area contributed by atoms with Crippen molar-refractivity contribution in [2.45, 2.75) is 43.3 Å². The van der Waals surface area contributed by atoms with Gasteiger partial charge in [-0.3, -0.25) is 19.0 Å². The van der Waals surface area contributed by atoms with Crippen molar-refractivity contribution in [2.24, 2.45) is 0 Å². The lowest BCUT2D eigenvalue weighted by Gasteiger charge is -2.19. The van der Waals surface area contributed by atoms with Gasteiger partial charge >= 0.3 is 0 Å². The van der Waals surface area contributed by atoms with Gasteiger partial charge in [-0.2, -0.15) is 0 Å². The minimum Gasteiger partial charge on any atom is -0.495 e. The molecule has 0 saturated carbocycles. The zero-order valence-electron chi connectivity index (χ0n) is 24.1. The van der Waals surface area contributed by atoms with Gasteiger partial charge in [0.15, 0.2) is 28.2 Å². The van der Waals surface area contributed by atoms with Crippen LogP contribution in [0.2, 0.25) is 0 Å². The van der Waals surface area contributed by atoms with Gasteiger partial charge in [0, 0.05) is 25.6 Å². The summed E-state index contributed by atoms with van der Waals surface area (Å²) in [5, 5.41) is 5.85. The SMILES string of the molecule is CC[C@H](Sc1nc2cc3c(cc2c(=O)n1CCC(=O)NCc1ccc2c(c1)OCO2)OCO3)C(=O)Nc1ccccc1OC. The third kappa shape index (κ3) is 6.09. The Bertz CT molecular complexity index is 1790. The zero-order valence-corrected chi connectivity index (χ0v) is 24.9. The van der Waals surface area contributed by atoms with Crippen molar-refractivity contribution < 1.29 is 33.3 Å². The Balaban J connectivity index is 1.23. The van der Waals surface area contributed by atoms with Gasteiger partial charge in [-0.15, -0.1) is 0 Å². The van der Waals surface area contributed by atoms with E-state index >= 15 is 0 Å². The van der Waals surface area contributed by atoms with Gasteiger partial charge in [-0.05, 0) is 42.3 Å². The van der Waals surface area contributed by atoms with E-state index in [9.17, 15) is 14.4 Å². The maximum atomic E-state index is 13.8. The summed E-state index contributed by atoms with van der Waals surface area (Å²) in [6.45, 7) is 2.43. The van der Waals surface area contributed by atoms with Crippen LogP contribution in [0, 0.1) is 0 Å². The third-order valence-electron chi connectivity index (χ3n) is 7.18. The average molecular weight is 619 g/mol. The normalized spacial score (nSPS) is 13.5. The van der Waals surface area contributed by atoms with Crippen molar-refractivity contribution in [2.75, 3.05) is 26.0 Å². The number of amides is 2. The molecule has 0 saturated heterocycles. The van der Waals surface area contributed by atoms with E-state index in [2.05, 4.69) is 10.6 Å². The quantitative estimate of drug-likeness (QED) is 0.187. The molecule has 2 N–H and O–H groups in total. The van der Waals surface area contributed by atoms with Crippen LogP contribution < -0.4 is 39.9 Å². The number of methoxy groups -OCH3 is 1. The van der Waals surface area contributed by atoms with E-state index in [4.69, 9.17) is 28.7 Å². The molecule has 0 unspecified atom stereocenters. The Hall–Kier alpha value is -4.91. The number of ether oxygens (including phenoxy) is 5. The summed E-state index contributed by atoms with van der Waals surface area (Å²) in [7, 11) is 1.53. The molecule has 44 heavy (non-hydrogen) atoms. The second-order valence-electron chi connectivity index (χ2n) is 9.99. The van der Waals surface area contributed by atoms with Crippen LogP contribution in [0.3, 0.4) is 0 Å². The van der Waals surface area contributed by atoms with Gasteiger partial charge in [-0.1, -0.05) is 36.9 Å². The van der Waals surface area contributed by atoms with E-state index in [1.54, 1.807) is 36.4 Å². The molecule has 12 nitrogen and oxygen atoms in total. The Morgan fingerprint density at radius 2 is 1.73 bits per heavy atom. The second-order valence-corrected chi connectivity index (χ2v) is 11.2. The van der Waals surface area contributed by atoms with Gasteiger partial charge in [0.25, 0.3) is 5.56 Å². The highest BCUT2D eigenvalue weighted by Crippen LogP contribution is 2.36. The zero-order chi connectivity index (χ0) is 30.6. The molecule has 13 heteroatoms. The van der Waals surface area contributed by atoms with Gasteiger partial charge in [0.1, 0.15) is 5.75 Å².